The van der Waals surface area contributed by atoms with Crippen molar-refractivity contribution < 1.29 is 4.79 Å². The van der Waals surface area contributed by atoms with Crippen molar-refractivity contribution in [3.8, 4) is 11.3 Å². The second-order valence-electron chi connectivity index (χ2n) is 9.77. The molecular formula is C28H33N9O. The van der Waals surface area contributed by atoms with Crippen LogP contribution in [0.3, 0.4) is 0 Å². The molecule has 1 aromatic carbocycles. The maximum Gasteiger partial charge on any atom is 0.251 e. The minimum Gasteiger partial charge on any atom is -0.369 e. The number of fused-ring (bicyclic) bond motifs is 1. The first-order valence-corrected chi connectivity index (χ1v) is 12.9. The number of piperidine rings is 1. The zero-order valence-electron chi connectivity index (χ0n) is 22.0. The Kier molecular flexibility index (Phi) is 7.69. The quantitative estimate of drug-likeness (QED) is 0.326. The lowest BCUT2D eigenvalue weighted by molar-refractivity contribution is 0.0964. The van der Waals surface area contributed by atoms with Crippen LogP contribution >= 0.6 is 0 Å². The topological polar surface area (TPSA) is 121 Å². The van der Waals surface area contributed by atoms with E-state index in [0.29, 0.717) is 24.1 Å². The van der Waals surface area contributed by atoms with Crippen molar-refractivity contribution >= 4 is 28.6 Å². The Morgan fingerprint density at radius 1 is 1.08 bits per heavy atom. The minimum absolute atomic E-state index is 0.122. The average Bonchev–Trinajstić information content (AvgIpc) is 2.96. The number of aromatic nitrogens is 5. The third-order valence-electron chi connectivity index (χ3n) is 7.06. The smallest absolute Gasteiger partial charge is 0.251 e. The van der Waals surface area contributed by atoms with E-state index in [1.807, 2.05) is 18.2 Å². The Morgan fingerprint density at radius 2 is 1.87 bits per heavy atom. The van der Waals surface area contributed by atoms with Crippen molar-refractivity contribution in [1.29, 1.82) is 0 Å². The summed E-state index contributed by atoms with van der Waals surface area (Å²) >= 11 is 0. The van der Waals surface area contributed by atoms with E-state index < -0.39 is 0 Å². The normalized spacial score (nSPS) is 15.2. The van der Waals surface area contributed by atoms with Crippen molar-refractivity contribution in [1.82, 2.24) is 35.1 Å². The van der Waals surface area contributed by atoms with Crippen molar-refractivity contribution in [2.24, 2.45) is 0 Å². The van der Waals surface area contributed by atoms with E-state index in [1.54, 1.807) is 38.0 Å². The van der Waals surface area contributed by atoms with Crippen molar-refractivity contribution in [3.05, 3.63) is 66.4 Å². The molecule has 3 aromatic heterocycles. The first-order chi connectivity index (χ1) is 18.5. The molecule has 0 bridgehead atoms. The Morgan fingerprint density at radius 3 is 2.63 bits per heavy atom. The summed E-state index contributed by atoms with van der Waals surface area (Å²) in [5, 5.41) is 10.4. The minimum atomic E-state index is -0.122. The van der Waals surface area contributed by atoms with E-state index in [2.05, 4.69) is 65.8 Å². The molecule has 1 aliphatic heterocycles. The number of carbonyl (C=O) groups excluding carboxylic acids is 1. The van der Waals surface area contributed by atoms with E-state index in [9.17, 15) is 4.79 Å². The molecule has 1 saturated heterocycles. The van der Waals surface area contributed by atoms with Gasteiger partial charge < -0.3 is 20.9 Å². The molecule has 10 nitrogen and oxygen atoms in total. The van der Waals surface area contributed by atoms with Crippen LogP contribution in [0, 0.1) is 0 Å². The summed E-state index contributed by atoms with van der Waals surface area (Å²) in [5.41, 5.74) is 4.10. The lowest BCUT2D eigenvalue weighted by Gasteiger charge is -2.29. The SMILES string of the molecule is CNC(=O)c1ccnc2c(C(C)CNc3cc(-c4cnc(NC5CCN(C)CC5)nc4)ncn3)cccc12. The van der Waals surface area contributed by atoms with Crippen molar-refractivity contribution in [3.63, 3.8) is 0 Å². The van der Waals surface area contributed by atoms with E-state index in [4.69, 9.17) is 0 Å². The van der Waals surface area contributed by atoms with Gasteiger partial charge >= 0.3 is 0 Å². The van der Waals surface area contributed by atoms with Crippen LogP contribution in [-0.4, -0.2) is 75.5 Å². The monoisotopic (exact) mass is 511 g/mol. The molecule has 1 aliphatic rings. The molecule has 4 aromatic rings. The standard InChI is InChI=1S/C28H33N9O/c1-18(21-5-4-6-22-23(27(38)29-2)7-10-30-26(21)22)14-31-25-13-24(34-17-35-25)19-15-32-28(33-16-19)36-20-8-11-37(3)12-9-20/h4-7,10,13,15-18,20H,8-9,11-12,14H2,1-3H3,(H,29,38)(H,31,34,35)(H,32,33,36). The van der Waals surface area contributed by atoms with Crippen molar-refractivity contribution in [2.75, 3.05) is 44.4 Å². The molecule has 38 heavy (non-hydrogen) atoms. The van der Waals surface area contributed by atoms with Gasteiger partial charge in [0.25, 0.3) is 5.91 Å². The van der Waals surface area contributed by atoms with Gasteiger partial charge in [-0.05, 0) is 44.6 Å². The molecule has 0 spiro atoms. The molecule has 3 N–H and O–H groups in total. The third kappa shape index (κ3) is 5.70. The van der Waals surface area contributed by atoms with E-state index in [-0.39, 0.29) is 11.8 Å². The summed E-state index contributed by atoms with van der Waals surface area (Å²) in [6, 6.07) is 10.0. The van der Waals surface area contributed by atoms with Crippen LogP contribution in [0.5, 0.6) is 0 Å². The molecular weight excluding hydrogens is 478 g/mol. The fourth-order valence-electron chi connectivity index (χ4n) is 4.78. The second kappa shape index (κ2) is 11.5. The fourth-order valence-corrected chi connectivity index (χ4v) is 4.78. The second-order valence-corrected chi connectivity index (χ2v) is 9.77. The zero-order chi connectivity index (χ0) is 26.5. The van der Waals surface area contributed by atoms with Gasteiger partial charge in [-0.1, -0.05) is 25.1 Å². The maximum atomic E-state index is 12.3. The molecule has 5 rings (SSSR count). The van der Waals surface area contributed by atoms with Gasteiger partial charge in [0.15, 0.2) is 0 Å². The highest BCUT2D eigenvalue weighted by atomic mass is 16.1. The maximum absolute atomic E-state index is 12.3. The summed E-state index contributed by atoms with van der Waals surface area (Å²) in [7, 11) is 3.78. The number of amides is 1. The first-order valence-electron chi connectivity index (χ1n) is 12.9. The van der Waals surface area contributed by atoms with E-state index >= 15 is 0 Å². The number of carbonyl (C=O) groups is 1. The largest absolute Gasteiger partial charge is 0.369 e. The van der Waals surface area contributed by atoms with Gasteiger partial charge in [0.1, 0.15) is 12.1 Å². The van der Waals surface area contributed by atoms with Crippen LogP contribution in [0.25, 0.3) is 22.2 Å². The van der Waals surface area contributed by atoms with Crippen molar-refractivity contribution in [2.45, 2.75) is 31.7 Å². The molecule has 10 heteroatoms. The summed E-state index contributed by atoms with van der Waals surface area (Å²) < 4.78 is 0. The highest BCUT2D eigenvalue weighted by molar-refractivity contribution is 6.06. The number of nitrogens with one attached hydrogen (secondary N) is 3. The molecule has 1 amide bonds. The lowest BCUT2D eigenvalue weighted by Crippen LogP contribution is -2.37. The Bertz CT molecular complexity index is 1400. The number of anilines is 2. The number of rotatable bonds is 8. The Hall–Kier alpha value is -4.18. The molecule has 0 radical (unpaired) electrons. The fraction of sp³-hybridized carbons (Fsp3) is 0.357. The molecule has 0 saturated carbocycles. The summed E-state index contributed by atoms with van der Waals surface area (Å²) in [5.74, 6) is 1.36. The summed E-state index contributed by atoms with van der Waals surface area (Å²) in [6.45, 7) is 4.93. The van der Waals surface area contributed by atoms with Gasteiger partial charge in [-0.25, -0.2) is 19.9 Å². The molecule has 196 valence electrons. The number of nitrogens with zero attached hydrogens (tertiary/aromatic N) is 6. The Labute approximate surface area is 222 Å². The Balaban J connectivity index is 1.25. The van der Waals surface area contributed by atoms with Gasteiger partial charge in [0, 0.05) is 61.2 Å². The summed E-state index contributed by atoms with van der Waals surface area (Å²) in [6.07, 6.45) is 9.00. The number of pyridine rings is 1. The van der Waals surface area contributed by atoms with Gasteiger partial charge in [-0.3, -0.25) is 9.78 Å². The van der Waals surface area contributed by atoms with E-state index in [0.717, 1.165) is 59.5 Å². The predicted octanol–water partition coefficient (Wildman–Crippen LogP) is 3.56. The molecule has 1 unspecified atom stereocenters. The van der Waals surface area contributed by atoms with Crippen LogP contribution in [0.2, 0.25) is 0 Å². The molecule has 0 aliphatic carbocycles. The van der Waals surface area contributed by atoms with Gasteiger partial charge in [0.2, 0.25) is 5.95 Å². The van der Waals surface area contributed by atoms with E-state index in [1.165, 1.54) is 0 Å². The van der Waals surface area contributed by atoms with Crippen LogP contribution in [0.15, 0.2) is 55.2 Å². The number of likely N-dealkylation sites (tertiary alicyclic amines) is 1. The first kappa shape index (κ1) is 25.5. The van der Waals surface area contributed by atoms with Crippen LogP contribution < -0.4 is 16.0 Å². The zero-order valence-corrected chi connectivity index (χ0v) is 22.0. The molecule has 1 fully saturated rings. The predicted molar refractivity (Wildman–Crippen MR) is 149 cm³/mol. The highest BCUT2D eigenvalue weighted by Crippen LogP contribution is 2.27. The molecule has 1 atom stereocenters. The number of para-hydroxylation sites is 1. The van der Waals surface area contributed by atoms with Crippen LogP contribution in [-0.2, 0) is 0 Å². The number of hydrogen-bond acceptors (Lipinski definition) is 9. The lowest BCUT2D eigenvalue weighted by atomic mass is 9.96. The summed E-state index contributed by atoms with van der Waals surface area (Å²) in [4.78, 5) is 37.1. The third-order valence-corrected chi connectivity index (χ3v) is 7.06. The molecule has 4 heterocycles. The highest BCUT2D eigenvalue weighted by Gasteiger charge is 2.18. The number of hydrogen-bond donors (Lipinski definition) is 3. The van der Waals surface area contributed by atoms with Gasteiger partial charge in [-0.2, -0.15) is 0 Å². The van der Waals surface area contributed by atoms with Crippen LogP contribution in [0.1, 0.15) is 41.6 Å². The van der Waals surface area contributed by atoms with Gasteiger partial charge in [0.05, 0.1) is 16.8 Å². The average molecular weight is 512 g/mol. The van der Waals surface area contributed by atoms with Gasteiger partial charge in [-0.15, -0.1) is 0 Å². The number of benzene rings is 1. The van der Waals surface area contributed by atoms with Crippen LogP contribution in [0.4, 0.5) is 11.8 Å².